The fourth-order valence-electron chi connectivity index (χ4n) is 4.00. The number of likely N-dealkylation sites (tertiary alicyclic amines) is 1. The summed E-state index contributed by atoms with van der Waals surface area (Å²) in [5.41, 5.74) is -1.27. The molecular formula is C23H28F2NO3PS. The minimum atomic E-state index is -4.17. The van der Waals surface area contributed by atoms with Crippen LogP contribution in [0.5, 0.6) is 0 Å². The molecule has 0 aliphatic carbocycles. The molecule has 4 nitrogen and oxygen atoms in total. The van der Waals surface area contributed by atoms with Gasteiger partial charge in [0, 0.05) is 18.7 Å². The standard InChI is InChI=1S/C23H28F2NO3PS/c1-16-6-4-7-18(14-16)17-10-12-26(13-11-17)21(27)22(2,3)31(28,29)20-9-5-8-19(15-20)23(24,25)30/h4-9,14-15,17H,10-13,30H2,1-3H3. The number of halogens is 2. The molecule has 8 heteroatoms. The van der Waals surface area contributed by atoms with Crippen molar-refractivity contribution in [1.29, 1.82) is 0 Å². The number of hydrogen-bond donors (Lipinski definition) is 0. The van der Waals surface area contributed by atoms with Crippen LogP contribution in [0.1, 0.15) is 49.3 Å². The lowest BCUT2D eigenvalue weighted by atomic mass is 9.88. The van der Waals surface area contributed by atoms with Crippen molar-refractivity contribution < 1.29 is 22.0 Å². The molecule has 2 aromatic rings. The monoisotopic (exact) mass is 467 g/mol. The number of aryl methyl sites for hydroxylation is 1. The zero-order valence-electron chi connectivity index (χ0n) is 17.9. The van der Waals surface area contributed by atoms with Crippen molar-refractivity contribution in [3.8, 4) is 0 Å². The third kappa shape index (κ3) is 4.83. The van der Waals surface area contributed by atoms with E-state index >= 15 is 0 Å². The molecule has 0 bridgehead atoms. The SMILES string of the molecule is Cc1cccc(C2CCN(C(=O)C(C)(C)S(=O)(=O)c3cccc(C(F)(F)P)c3)CC2)c1. The van der Waals surface area contributed by atoms with Crippen LogP contribution in [0.2, 0.25) is 0 Å². The molecule has 1 unspecified atom stereocenters. The summed E-state index contributed by atoms with van der Waals surface area (Å²) in [6, 6.07) is 12.9. The highest BCUT2D eigenvalue weighted by Gasteiger charge is 2.46. The van der Waals surface area contributed by atoms with Crippen molar-refractivity contribution in [3.63, 3.8) is 0 Å². The lowest BCUT2D eigenvalue weighted by Crippen LogP contribution is -2.52. The van der Waals surface area contributed by atoms with Crippen molar-refractivity contribution in [2.24, 2.45) is 0 Å². The predicted molar refractivity (Wildman–Crippen MR) is 121 cm³/mol. The molecule has 3 rings (SSSR count). The molecule has 1 saturated heterocycles. The van der Waals surface area contributed by atoms with Crippen LogP contribution in [0, 0.1) is 6.92 Å². The molecule has 0 radical (unpaired) electrons. The number of amides is 1. The molecule has 1 aliphatic rings. The largest absolute Gasteiger partial charge is 0.341 e. The number of carbonyl (C=O) groups is 1. The highest BCUT2D eigenvalue weighted by atomic mass is 32.2. The van der Waals surface area contributed by atoms with Crippen LogP contribution in [0.15, 0.2) is 53.4 Å². The predicted octanol–water partition coefficient (Wildman–Crippen LogP) is 4.88. The number of alkyl halides is 2. The highest BCUT2D eigenvalue weighted by Crippen LogP contribution is 2.37. The molecule has 0 saturated carbocycles. The molecule has 1 amide bonds. The van der Waals surface area contributed by atoms with Crippen LogP contribution in [-0.2, 0) is 20.3 Å². The Morgan fingerprint density at radius 3 is 2.26 bits per heavy atom. The Hall–Kier alpha value is -1.85. The number of nitrogens with zero attached hydrogens (tertiary/aromatic N) is 1. The van der Waals surface area contributed by atoms with Gasteiger partial charge in [0.2, 0.25) is 5.91 Å². The second-order valence-corrected chi connectivity index (χ2v) is 11.9. The third-order valence-corrected chi connectivity index (χ3v) is 8.74. The quantitative estimate of drug-likeness (QED) is 0.589. The lowest BCUT2D eigenvalue weighted by molar-refractivity contribution is -0.134. The van der Waals surface area contributed by atoms with E-state index in [0.29, 0.717) is 19.0 Å². The van der Waals surface area contributed by atoms with Crippen LogP contribution in [0.3, 0.4) is 0 Å². The number of hydrogen-bond acceptors (Lipinski definition) is 3. The molecule has 31 heavy (non-hydrogen) atoms. The zero-order valence-corrected chi connectivity index (χ0v) is 19.9. The van der Waals surface area contributed by atoms with Crippen LogP contribution in [0.4, 0.5) is 8.78 Å². The second kappa shape index (κ2) is 8.59. The van der Waals surface area contributed by atoms with E-state index in [1.54, 1.807) is 4.90 Å². The maximum atomic E-state index is 13.7. The number of piperidine rings is 1. The molecule has 0 spiro atoms. The first-order valence-electron chi connectivity index (χ1n) is 10.2. The van der Waals surface area contributed by atoms with Crippen LogP contribution in [0.25, 0.3) is 0 Å². The van der Waals surface area contributed by atoms with Gasteiger partial charge in [-0.1, -0.05) is 51.2 Å². The summed E-state index contributed by atoms with van der Waals surface area (Å²) < 4.78 is 52.0. The van der Waals surface area contributed by atoms with Crippen molar-refractivity contribution in [3.05, 3.63) is 65.2 Å². The third-order valence-electron chi connectivity index (χ3n) is 6.01. The van der Waals surface area contributed by atoms with E-state index < -0.39 is 31.7 Å². The summed E-state index contributed by atoms with van der Waals surface area (Å²) in [5, 5.41) is 0. The van der Waals surface area contributed by atoms with Gasteiger partial charge in [-0.15, -0.1) is 0 Å². The molecule has 1 fully saturated rings. The van der Waals surface area contributed by atoms with Gasteiger partial charge in [-0.25, -0.2) is 8.42 Å². The minimum absolute atomic E-state index is 0.278. The Labute approximate surface area is 185 Å². The van der Waals surface area contributed by atoms with Crippen LogP contribution in [-0.4, -0.2) is 37.1 Å². The average Bonchev–Trinajstić information content (AvgIpc) is 2.72. The van der Waals surface area contributed by atoms with E-state index in [9.17, 15) is 22.0 Å². The summed E-state index contributed by atoms with van der Waals surface area (Å²) in [4.78, 5) is 14.5. The molecular weight excluding hydrogens is 439 g/mol. The molecule has 0 N–H and O–H groups in total. The summed E-state index contributed by atoms with van der Waals surface area (Å²) >= 11 is 0. The van der Waals surface area contributed by atoms with Crippen molar-refractivity contribution in [2.45, 2.75) is 54.8 Å². The van der Waals surface area contributed by atoms with Gasteiger partial charge < -0.3 is 4.90 Å². The highest BCUT2D eigenvalue weighted by molar-refractivity contribution is 7.93. The fraction of sp³-hybridized carbons (Fsp3) is 0.435. The summed E-state index contributed by atoms with van der Waals surface area (Å²) in [6.45, 7) is 5.66. The van der Waals surface area contributed by atoms with E-state index in [0.717, 1.165) is 25.0 Å². The number of rotatable bonds is 5. The molecule has 1 heterocycles. The first-order chi connectivity index (χ1) is 14.3. The molecule has 1 atom stereocenters. The van der Waals surface area contributed by atoms with Crippen molar-refractivity contribution in [2.75, 3.05) is 13.1 Å². The first kappa shape index (κ1) is 23.8. The Kier molecular flexibility index (Phi) is 6.60. The Morgan fingerprint density at radius 2 is 1.68 bits per heavy atom. The molecule has 168 valence electrons. The first-order valence-corrected chi connectivity index (χ1v) is 12.3. The maximum absolute atomic E-state index is 13.7. The van der Waals surface area contributed by atoms with E-state index in [-0.39, 0.29) is 4.90 Å². The molecule has 0 aromatic heterocycles. The van der Waals surface area contributed by atoms with E-state index in [1.165, 1.54) is 46.3 Å². The maximum Gasteiger partial charge on any atom is 0.283 e. The summed E-state index contributed by atoms with van der Waals surface area (Å²) in [6.07, 6.45) is 1.50. The number of sulfone groups is 1. The van der Waals surface area contributed by atoms with Gasteiger partial charge in [0.1, 0.15) is 4.75 Å². The zero-order chi connectivity index (χ0) is 23.0. The minimum Gasteiger partial charge on any atom is -0.341 e. The summed E-state index contributed by atoms with van der Waals surface area (Å²) in [7, 11) is -2.77. The second-order valence-electron chi connectivity index (χ2n) is 8.65. The van der Waals surface area contributed by atoms with E-state index in [2.05, 4.69) is 12.1 Å². The van der Waals surface area contributed by atoms with Gasteiger partial charge in [0.15, 0.2) is 9.84 Å². The molecule has 1 aliphatic heterocycles. The van der Waals surface area contributed by atoms with E-state index in [4.69, 9.17) is 0 Å². The van der Waals surface area contributed by atoms with Gasteiger partial charge in [0.25, 0.3) is 5.66 Å². The van der Waals surface area contributed by atoms with Gasteiger partial charge >= 0.3 is 0 Å². The Morgan fingerprint density at radius 1 is 1.06 bits per heavy atom. The van der Waals surface area contributed by atoms with Gasteiger partial charge in [-0.2, -0.15) is 8.78 Å². The van der Waals surface area contributed by atoms with Crippen LogP contribution >= 0.6 is 9.24 Å². The Bertz CT molecular complexity index is 1070. The average molecular weight is 468 g/mol. The lowest BCUT2D eigenvalue weighted by Gasteiger charge is -2.37. The molecule has 2 aromatic carbocycles. The van der Waals surface area contributed by atoms with E-state index in [1.807, 2.05) is 19.1 Å². The van der Waals surface area contributed by atoms with Gasteiger partial charge in [0.05, 0.1) is 4.90 Å². The van der Waals surface area contributed by atoms with Crippen molar-refractivity contribution >= 4 is 25.0 Å². The normalized spacial score (nSPS) is 16.4. The van der Waals surface area contributed by atoms with Gasteiger partial charge in [-0.05, 0) is 57.2 Å². The topological polar surface area (TPSA) is 54.5 Å². The number of benzene rings is 2. The van der Waals surface area contributed by atoms with Gasteiger partial charge in [-0.3, -0.25) is 4.79 Å². The van der Waals surface area contributed by atoms with Crippen molar-refractivity contribution in [1.82, 2.24) is 4.90 Å². The Balaban J connectivity index is 1.78. The fourth-order valence-corrected chi connectivity index (χ4v) is 5.67. The number of carbonyl (C=O) groups excluding carboxylic acids is 1. The summed E-state index contributed by atoms with van der Waals surface area (Å²) in [5.74, 6) is -0.178. The van der Waals surface area contributed by atoms with Crippen LogP contribution < -0.4 is 0 Å². The smallest absolute Gasteiger partial charge is 0.283 e.